The van der Waals surface area contributed by atoms with E-state index in [1.807, 2.05) is 27.7 Å². The molecule has 0 aliphatic rings. The van der Waals surface area contributed by atoms with Crippen LogP contribution in [0.4, 0.5) is 4.79 Å². The van der Waals surface area contributed by atoms with Crippen molar-refractivity contribution in [3.8, 4) is 12.3 Å². The first kappa shape index (κ1) is 28.0. The summed E-state index contributed by atoms with van der Waals surface area (Å²) in [5.41, 5.74) is 0.430. The highest BCUT2D eigenvalue weighted by Crippen LogP contribution is 2.26. The number of hydrogen-bond acceptors (Lipinski definition) is 5. The number of aliphatic hydroxyl groups excluding tert-OH is 1. The summed E-state index contributed by atoms with van der Waals surface area (Å²) in [5, 5.41) is 15.2. The Bertz CT molecular complexity index is 852. The number of aliphatic hydroxyl groups is 1. The SMILES string of the molecule is C#Cc1ccc(C(C(=O)NC(C)C)N(C(=O)C(CO)NC(=O)OC(C)(C)C)C(C)CC)cc1. The molecular weight excluding hydrogens is 422 g/mol. The molecule has 3 atom stereocenters. The third kappa shape index (κ3) is 8.43. The molecule has 0 saturated carbocycles. The molecule has 1 rings (SSSR count). The van der Waals surface area contributed by atoms with Gasteiger partial charge in [0.25, 0.3) is 0 Å². The highest BCUT2D eigenvalue weighted by Gasteiger charge is 2.38. The Labute approximate surface area is 197 Å². The number of carbonyl (C=O) groups is 3. The molecular formula is C25H37N3O5. The number of hydrogen-bond donors (Lipinski definition) is 3. The molecule has 0 spiro atoms. The van der Waals surface area contributed by atoms with Gasteiger partial charge in [-0.3, -0.25) is 9.59 Å². The molecule has 8 heteroatoms. The Balaban J connectivity index is 3.43. The van der Waals surface area contributed by atoms with Crippen molar-refractivity contribution >= 4 is 17.9 Å². The van der Waals surface area contributed by atoms with Gasteiger partial charge in [-0.05, 0) is 65.7 Å². The average Bonchev–Trinajstić information content (AvgIpc) is 2.73. The Morgan fingerprint density at radius 1 is 1.12 bits per heavy atom. The number of nitrogens with zero attached hydrogens (tertiary/aromatic N) is 1. The molecule has 0 bridgehead atoms. The van der Waals surface area contributed by atoms with Gasteiger partial charge in [-0.1, -0.05) is 25.0 Å². The van der Waals surface area contributed by atoms with Crippen LogP contribution < -0.4 is 10.6 Å². The van der Waals surface area contributed by atoms with Crippen molar-refractivity contribution in [2.24, 2.45) is 0 Å². The zero-order chi connectivity index (χ0) is 25.3. The summed E-state index contributed by atoms with van der Waals surface area (Å²) in [6, 6.07) is 4.01. The van der Waals surface area contributed by atoms with Crippen molar-refractivity contribution < 1.29 is 24.2 Å². The van der Waals surface area contributed by atoms with Gasteiger partial charge in [-0.25, -0.2) is 4.79 Å². The molecule has 8 nitrogen and oxygen atoms in total. The van der Waals surface area contributed by atoms with Gasteiger partial charge in [0.05, 0.1) is 6.61 Å². The van der Waals surface area contributed by atoms with Gasteiger partial charge in [0, 0.05) is 17.6 Å². The lowest BCUT2D eigenvalue weighted by atomic mass is 9.98. The van der Waals surface area contributed by atoms with E-state index in [0.29, 0.717) is 17.5 Å². The van der Waals surface area contributed by atoms with Crippen LogP contribution in [0, 0.1) is 12.3 Å². The summed E-state index contributed by atoms with van der Waals surface area (Å²) in [7, 11) is 0. The molecule has 3 amide bonds. The first-order chi connectivity index (χ1) is 15.3. The summed E-state index contributed by atoms with van der Waals surface area (Å²) in [6.45, 7) is 11.8. The first-order valence-corrected chi connectivity index (χ1v) is 11.1. The minimum atomic E-state index is -1.28. The predicted molar refractivity (Wildman–Crippen MR) is 127 cm³/mol. The summed E-state index contributed by atoms with van der Waals surface area (Å²) in [4.78, 5) is 40.5. The summed E-state index contributed by atoms with van der Waals surface area (Å²) < 4.78 is 5.23. The van der Waals surface area contributed by atoms with Crippen molar-refractivity contribution in [2.45, 2.75) is 84.7 Å². The van der Waals surface area contributed by atoms with Gasteiger partial charge < -0.3 is 25.4 Å². The average molecular weight is 460 g/mol. The highest BCUT2D eigenvalue weighted by atomic mass is 16.6. The van der Waals surface area contributed by atoms with Gasteiger partial charge in [-0.2, -0.15) is 0 Å². The Morgan fingerprint density at radius 3 is 2.12 bits per heavy atom. The Morgan fingerprint density at radius 2 is 1.70 bits per heavy atom. The second kappa shape index (κ2) is 12.3. The molecule has 0 aliphatic heterocycles. The molecule has 0 heterocycles. The smallest absolute Gasteiger partial charge is 0.408 e. The lowest BCUT2D eigenvalue weighted by Crippen LogP contribution is -2.57. The fourth-order valence-electron chi connectivity index (χ4n) is 3.17. The third-order valence-corrected chi connectivity index (χ3v) is 4.84. The lowest BCUT2D eigenvalue weighted by molar-refractivity contribution is -0.146. The van der Waals surface area contributed by atoms with E-state index < -0.39 is 36.3 Å². The third-order valence-electron chi connectivity index (χ3n) is 4.84. The minimum absolute atomic E-state index is 0.160. The molecule has 0 radical (unpaired) electrons. The monoisotopic (exact) mass is 459 g/mol. The molecule has 1 aromatic rings. The van der Waals surface area contributed by atoms with Crippen LogP contribution in [0.3, 0.4) is 0 Å². The van der Waals surface area contributed by atoms with Gasteiger partial charge in [0.1, 0.15) is 17.7 Å². The largest absolute Gasteiger partial charge is 0.444 e. The predicted octanol–water partition coefficient (Wildman–Crippen LogP) is 2.75. The normalized spacial score (nSPS) is 13.9. The zero-order valence-corrected chi connectivity index (χ0v) is 20.6. The van der Waals surface area contributed by atoms with E-state index in [2.05, 4.69) is 16.6 Å². The molecule has 0 aromatic heterocycles. The van der Waals surface area contributed by atoms with Crippen molar-refractivity contribution in [1.29, 1.82) is 0 Å². The number of rotatable bonds is 9. The topological polar surface area (TPSA) is 108 Å². The maximum atomic E-state index is 13.6. The first-order valence-electron chi connectivity index (χ1n) is 11.1. The number of carbonyl (C=O) groups excluding carboxylic acids is 3. The quantitative estimate of drug-likeness (QED) is 0.492. The molecule has 3 N–H and O–H groups in total. The van der Waals surface area contributed by atoms with Gasteiger partial charge in [-0.15, -0.1) is 6.42 Å². The molecule has 0 saturated heterocycles. The van der Waals surface area contributed by atoms with Crippen LogP contribution in [-0.2, 0) is 14.3 Å². The Kier molecular flexibility index (Phi) is 10.4. The van der Waals surface area contributed by atoms with E-state index in [1.165, 1.54) is 4.90 Å². The van der Waals surface area contributed by atoms with Crippen LogP contribution in [0.2, 0.25) is 0 Å². The number of ether oxygens (including phenoxy) is 1. The second-order valence-electron chi connectivity index (χ2n) is 9.22. The van der Waals surface area contributed by atoms with E-state index in [0.717, 1.165) is 0 Å². The fraction of sp³-hybridized carbons (Fsp3) is 0.560. The standard InChI is InChI=1S/C25H37N3O5/c1-9-17(5)28(23(31)20(15-29)27-24(32)33-25(6,7)8)21(22(30)26-16(3)4)19-13-11-18(10-2)12-14-19/h2,11-14,16-17,20-21,29H,9,15H2,1,3-8H3,(H,26,30)(H,27,32). The van der Waals surface area contributed by atoms with Crippen LogP contribution in [-0.4, -0.2) is 58.2 Å². The molecule has 0 fully saturated rings. The van der Waals surface area contributed by atoms with Crippen molar-refractivity contribution in [3.05, 3.63) is 35.4 Å². The maximum Gasteiger partial charge on any atom is 0.408 e. The molecule has 1 aromatic carbocycles. The van der Waals surface area contributed by atoms with Crippen molar-refractivity contribution in [1.82, 2.24) is 15.5 Å². The summed E-state index contributed by atoms with van der Waals surface area (Å²) in [5.74, 6) is 1.56. The van der Waals surface area contributed by atoms with Gasteiger partial charge >= 0.3 is 6.09 Å². The summed E-state index contributed by atoms with van der Waals surface area (Å²) >= 11 is 0. The molecule has 33 heavy (non-hydrogen) atoms. The highest BCUT2D eigenvalue weighted by molar-refractivity contribution is 5.92. The van der Waals surface area contributed by atoms with E-state index in [1.54, 1.807) is 45.0 Å². The van der Waals surface area contributed by atoms with Gasteiger partial charge in [0.2, 0.25) is 11.8 Å². The number of terminal acetylenes is 1. The maximum absolute atomic E-state index is 13.6. The number of nitrogens with one attached hydrogen (secondary N) is 2. The van der Waals surface area contributed by atoms with Crippen LogP contribution in [0.1, 0.15) is 72.1 Å². The number of benzene rings is 1. The van der Waals surface area contributed by atoms with Crippen LogP contribution in [0.5, 0.6) is 0 Å². The van der Waals surface area contributed by atoms with E-state index in [-0.39, 0.29) is 18.0 Å². The second-order valence-corrected chi connectivity index (χ2v) is 9.22. The molecule has 0 aliphatic carbocycles. The summed E-state index contributed by atoms with van der Waals surface area (Å²) in [6.07, 6.45) is 5.17. The Hall–Kier alpha value is -3.05. The van der Waals surface area contributed by atoms with Crippen molar-refractivity contribution in [3.63, 3.8) is 0 Å². The number of amides is 3. The minimum Gasteiger partial charge on any atom is -0.444 e. The van der Waals surface area contributed by atoms with Crippen LogP contribution in [0.15, 0.2) is 24.3 Å². The lowest BCUT2D eigenvalue weighted by Gasteiger charge is -2.38. The molecule has 182 valence electrons. The van der Waals surface area contributed by atoms with Crippen molar-refractivity contribution in [2.75, 3.05) is 6.61 Å². The number of alkyl carbamates (subject to hydrolysis) is 1. The van der Waals surface area contributed by atoms with Gasteiger partial charge in [0.15, 0.2) is 0 Å². The van der Waals surface area contributed by atoms with Crippen LogP contribution >= 0.6 is 0 Å². The van der Waals surface area contributed by atoms with E-state index >= 15 is 0 Å². The fourth-order valence-corrected chi connectivity index (χ4v) is 3.17. The van der Waals surface area contributed by atoms with E-state index in [9.17, 15) is 19.5 Å². The molecule has 3 unspecified atom stereocenters. The van der Waals surface area contributed by atoms with Crippen LogP contribution in [0.25, 0.3) is 0 Å². The zero-order valence-electron chi connectivity index (χ0n) is 20.6. The van der Waals surface area contributed by atoms with E-state index in [4.69, 9.17) is 11.2 Å².